The number of likely N-dealkylation sites (N-methyl/N-ethyl adjacent to an activating group) is 1. The van der Waals surface area contributed by atoms with Crippen molar-refractivity contribution in [3.63, 3.8) is 0 Å². The molecule has 168 valence electrons. The predicted octanol–water partition coefficient (Wildman–Crippen LogP) is 6.24. The van der Waals surface area contributed by atoms with Crippen molar-refractivity contribution in [2.75, 3.05) is 7.05 Å². The lowest BCUT2D eigenvalue weighted by Crippen LogP contribution is -2.41. The lowest BCUT2D eigenvalue weighted by atomic mass is 9.82. The van der Waals surface area contributed by atoms with Crippen molar-refractivity contribution in [3.05, 3.63) is 102 Å². The van der Waals surface area contributed by atoms with E-state index in [1.54, 1.807) is 50.1 Å². The lowest BCUT2D eigenvalue weighted by Gasteiger charge is -2.31. The summed E-state index contributed by atoms with van der Waals surface area (Å²) in [6.45, 7) is 3.75. The van der Waals surface area contributed by atoms with Crippen LogP contribution in [-0.4, -0.2) is 22.8 Å². The van der Waals surface area contributed by atoms with Crippen molar-refractivity contribution in [1.82, 2.24) is 9.88 Å². The van der Waals surface area contributed by atoms with Gasteiger partial charge in [-0.25, -0.2) is 13.8 Å². The number of rotatable bonds is 6. The second-order valence-electron chi connectivity index (χ2n) is 8.47. The van der Waals surface area contributed by atoms with Gasteiger partial charge in [0.25, 0.3) is 0 Å². The maximum Gasteiger partial charge on any atom is 0.232 e. The van der Waals surface area contributed by atoms with Crippen molar-refractivity contribution in [3.8, 4) is 11.5 Å². The predicted molar refractivity (Wildman–Crippen MR) is 124 cm³/mol. The summed E-state index contributed by atoms with van der Waals surface area (Å²) in [4.78, 5) is 19.1. The second-order valence-corrected chi connectivity index (χ2v) is 8.47. The quantitative estimate of drug-likeness (QED) is 0.352. The van der Waals surface area contributed by atoms with Gasteiger partial charge >= 0.3 is 0 Å². The maximum atomic E-state index is 15.1. The van der Waals surface area contributed by atoms with E-state index in [2.05, 4.69) is 4.98 Å². The average molecular weight is 446 g/mol. The van der Waals surface area contributed by atoms with Crippen LogP contribution in [-0.2, 0) is 16.8 Å². The lowest BCUT2D eigenvalue weighted by molar-refractivity contribution is -0.135. The summed E-state index contributed by atoms with van der Waals surface area (Å²) in [5.41, 5.74) is 0.140. The number of hydrogen-bond donors (Lipinski definition) is 0. The molecule has 0 unspecified atom stereocenters. The van der Waals surface area contributed by atoms with Gasteiger partial charge < -0.3 is 9.64 Å². The van der Waals surface area contributed by atoms with Crippen molar-refractivity contribution in [2.45, 2.75) is 25.8 Å². The van der Waals surface area contributed by atoms with Gasteiger partial charge in [-0.3, -0.25) is 4.79 Å². The SMILES string of the molecule is CN(Cc1ccccc1)C(=O)C(C)(C)c1c(F)cccc1Oc1cnc2c(F)cccc2c1. The van der Waals surface area contributed by atoms with Crippen molar-refractivity contribution >= 4 is 16.8 Å². The van der Waals surface area contributed by atoms with Crippen molar-refractivity contribution in [1.29, 1.82) is 0 Å². The highest BCUT2D eigenvalue weighted by Crippen LogP contribution is 2.38. The van der Waals surface area contributed by atoms with Crippen LogP contribution in [0.2, 0.25) is 0 Å². The zero-order valence-electron chi connectivity index (χ0n) is 18.7. The number of carbonyl (C=O) groups is 1. The van der Waals surface area contributed by atoms with Gasteiger partial charge in [-0.2, -0.15) is 0 Å². The first kappa shape index (κ1) is 22.4. The van der Waals surface area contributed by atoms with Crippen molar-refractivity contribution in [2.24, 2.45) is 0 Å². The van der Waals surface area contributed by atoms with Crippen LogP contribution in [0.1, 0.15) is 25.0 Å². The van der Waals surface area contributed by atoms with Gasteiger partial charge in [0.2, 0.25) is 5.91 Å². The number of nitrogens with zero attached hydrogens (tertiary/aromatic N) is 2. The molecular weight excluding hydrogens is 422 g/mol. The van der Waals surface area contributed by atoms with Gasteiger partial charge in [0.05, 0.1) is 11.6 Å². The molecular formula is C27H24F2N2O2. The van der Waals surface area contributed by atoms with Gasteiger partial charge in [0.1, 0.15) is 28.7 Å². The number of fused-ring (bicyclic) bond motifs is 1. The molecule has 1 aromatic heterocycles. The van der Waals surface area contributed by atoms with E-state index in [-0.39, 0.29) is 22.7 Å². The molecule has 0 N–H and O–H groups in total. The summed E-state index contributed by atoms with van der Waals surface area (Å²) >= 11 is 0. The number of pyridine rings is 1. The Hall–Kier alpha value is -3.80. The Kier molecular flexibility index (Phi) is 6.09. The third-order valence-electron chi connectivity index (χ3n) is 5.61. The standard InChI is InChI=1S/C27H24F2N2O2/c1-27(2,26(32)31(3)17-18-9-5-4-6-10-18)24-21(28)12-8-14-23(24)33-20-15-19-11-7-13-22(29)25(19)30-16-20/h4-16H,17H2,1-3H3. The van der Waals surface area contributed by atoms with Crippen molar-refractivity contribution < 1.29 is 18.3 Å². The highest BCUT2D eigenvalue weighted by Gasteiger charge is 2.37. The summed E-state index contributed by atoms with van der Waals surface area (Å²) in [6.07, 6.45) is 1.39. The maximum absolute atomic E-state index is 15.1. The normalized spacial score (nSPS) is 11.4. The molecule has 1 heterocycles. The molecule has 6 heteroatoms. The molecule has 0 saturated carbocycles. The summed E-state index contributed by atoms with van der Waals surface area (Å²) in [6, 6.07) is 20.3. The Bertz CT molecular complexity index is 1310. The van der Waals surface area contributed by atoms with E-state index in [4.69, 9.17) is 4.74 Å². The van der Waals surface area contributed by atoms with Crippen LogP contribution in [0.15, 0.2) is 79.0 Å². The van der Waals surface area contributed by atoms with Gasteiger partial charge in [-0.15, -0.1) is 0 Å². The van der Waals surface area contributed by atoms with Crippen LogP contribution < -0.4 is 4.74 Å². The Morgan fingerprint density at radius 1 is 0.970 bits per heavy atom. The minimum atomic E-state index is -1.21. The Balaban J connectivity index is 1.66. The van der Waals surface area contributed by atoms with Crippen LogP contribution in [0.5, 0.6) is 11.5 Å². The monoisotopic (exact) mass is 446 g/mol. The minimum absolute atomic E-state index is 0.147. The number of ether oxygens (including phenoxy) is 1. The molecule has 0 saturated heterocycles. The van der Waals surface area contributed by atoms with Gasteiger partial charge in [-0.05, 0) is 43.7 Å². The summed E-state index contributed by atoms with van der Waals surface area (Å²) in [5.74, 6) is -0.697. The Morgan fingerprint density at radius 2 is 1.67 bits per heavy atom. The van der Waals surface area contributed by atoms with Gasteiger partial charge in [0.15, 0.2) is 0 Å². The van der Waals surface area contributed by atoms with Crippen LogP contribution in [0.4, 0.5) is 8.78 Å². The molecule has 0 fully saturated rings. The fraction of sp³-hybridized carbons (Fsp3) is 0.185. The van der Waals surface area contributed by atoms with Gasteiger partial charge in [0, 0.05) is 24.5 Å². The Labute approximate surface area is 191 Å². The number of carbonyl (C=O) groups excluding carboxylic acids is 1. The molecule has 0 radical (unpaired) electrons. The number of halogens is 2. The minimum Gasteiger partial charge on any atom is -0.455 e. The number of para-hydroxylation sites is 1. The fourth-order valence-corrected chi connectivity index (χ4v) is 4.00. The smallest absolute Gasteiger partial charge is 0.232 e. The zero-order chi connectivity index (χ0) is 23.6. The second kappa shape index (κ2) is 8.98. The van der Waals surface area contributed by atoms with E-state index in [0.29, 0.717) is 17.7 Å². The zero-order valence-corrected chi connectivity index (χ0v) is 18.7. The third kappa shape index (κ3) is 4.55. The highest BCUT2D eigenvalue weighted by atomic mass is 19.1. The fourth-order valence-electron chi connectivity index (χ4n) is 4.00. The van der Waals surface area contributed by atoms with E-state index >= 15 is 4.39 Å². The number of amides is 1. The number of hydrogen-bond acceptors (Lipinski definition) is 3. The topological polar surface area (TPSA) is 42.4 Å². The summed E-state index contributed by atoms with van der Waals surface area (Å²) in [5, 5.41) is 0.559. The number of benzene rings is 3. The number of aromatic nitrogens is 1. The molecule has 0 spiro atoms. The van der Waals surface area contributed by atoms with E-state index in [0.717, 1.165) is 5.56 Å². The molecule has 0 bridgehead atoms. The summed E-state index contributed by atoms with van der Waals surface area (Å²) < 4.78 is 35.0. The summed E-state index contributed by atoms with van der Waals surface area (Å²) in [7, 11) is 1.69. The van der Waals surface area contributed by atoms with E-state index < -0.39 is 17.0 Å². The van der Waals surface area contributed by atoms with Crippen LogP contribution >= 0.6 is 0 Å². The Morgan fingerprint density at radius 3 is 2.42 bits per heavy atom. The molecule has 1 amide bonds. The molecule has 4 aromatic rings. The molecule has 3 aromatic carbocycles. The van der Waals surface area contributed by atoms with E-state index in [1.807, 2.05) is 30.3 Å². The van der Waals surface area contributed by atoms with E-state index in [1.165, 1.54) is 24.4 Å². The van der Waals surface area contributed by atoms with Crippen LogP contribution in [0.25, 0.3) is 10.9 Å². The van der Waals surface area contributed by atoms with E-state index in [9.17, 15) is 9.18 Å². The molecule has 0 aliphatic carbocycles. The third-order valence-corrected chi connectivity index (χ3v) is 5.61. The first-order chi connectivity index (χ1) is 15.8. The molecule has 33 heavy (non-hydrogen) atoms. The highest BCUT2D eigenvalue weighted by molar-refractivity contribution is 5.88. The molecule has 4 nitrogen and oxygen atoms in total. The van der Waals surface area contributed by atoms with Crippen LogP contribution in [0, 0.1) is 11.6 Å². The molecule has 0 aliphatic heterocycles. The largest absolute Gasteiger partial charge is 0.455 e. The van der Waals surface area contributed by atoms with Crippen LogP contribution in [0.3, 0.4) is 0 Å². The van der Waals surface area contributed by atoms with Gasteiger partial charge in [-0.1, -0.05) is 48.5 Å². The molecule has 0 aliphatic rings. The average Bonchev–Trinajstić information content (AvgIpc) is 2.79. The first-order valence-corrected chi connectivity index (χ1v) is 10.6. The molecule has 4 rings (SSSR count). The molecule has 0 atom stereocenters. The first-order valence-electron chi connectivity index (χ1n) is 10.6.